The summed E-state index contributed by atoms with van der Waals surface area (Å²) in [5.74, 6) is -0.200. The van der Waals surface area contributed by atoms with Gasteiger partial charge in [0.15, 0.2) is 11.5 Å². The zero-order chi connectivity index (χ0) is 21.2. The maximum atomic E-state index is 14.7. The molecule has 0 saturated carbocycles. The first-order valence-electron chi connectivity index (χ1n) is 9.68. The van der Waals surface area contributed by atoms with Crippen LogP contribution in [0.25, 0.3) is 11.0 Å². The Morgan fingerprint density at radius 1 is 1.45 bits per heavy atom. The minimum absolute atomic E-state index is 0.00708. The summed E-state index contributed by atoms with van der Waals surface area (Å²) in [4.78, 5) is 20.9. The number of rotatable bonds is 7. The first kappa shape index (κ1) is 21.8. The number of anilines is 1. The van der Waals surface area contributed by atoms with Crippen molar-refractivity contribution < 1.29 is 19.0 Å². The van der Waals surface area contributed by atoms with Gasteiger partial charge >= 0.3 is 6.09 Å². The molecule has 2 N–H and O–H groups in total. The van der Waals surface area contributed by atoms with Gasteiger partial charge in [-0.25, -0.2) is 9.18 Å². The van der Waals surface area contributed by atoms with Crippen LogP contribution in [0.1, 0.15) is 12.8 Å². The number of nitrogens with one attached hydrogen (secondary N) is 1. The fourth-order valence-corrected chi connectivity index (χ4v) is 4.24. The van der Waals surface area contributed by atoms with Crippen LogP contribution in [0, 0.1) is 5.82 Å². The summed E-state index contributed by atoms with van der Waals surface area (Å²) in [6.45, 7) is 8.38. The molecule has 1 aliphatic rings. The Labute approximate surface area is 175 Å². The minimum atomic E-state index is -1.21. The van der Waals surface area contributed by atoms with E-state index in [1.165, 1.54) is 11.1 Å². The van der Waals surface area contributed by atoms with E-state index in [4.69, 9.17) is 16.3 Å². The van der Waals surface area contributed by atoms with Gasteiger partial charge in [-0.3, -0.25) is 0 Å². The molecule has 0 aliphatic carbocycles. The van der Waals surface area contributed by atoms with Crippen LogP contribution in [0.2, 0.25) is 31.0 Å². The summed E-state index contributed by atoms with van der Waals surface area (Å²) in [5, 5.41) is 12.6. The third-order valence-corrected chi connectivity index (χ3v) is 6.78. The lowest BCUT2D eigenvalue weighted by Gasteiger charge is -2.31. The molecule has 1 saturated heterocycles. The highest BCUT2D eigenvalue weighted by molar-refractivity contribution is 6.76. The fourth-order valence-electron chi connectivity index (χ4n) is 3.32. The summed E-state index contributed by atoms with van der Waals surface area (Å²) in [6.07, 6.45) is 1.85. The molecule has 3 heterocycles. The van der Waals surface area contributed by atoms with Crippen molar-refractivity contribution in [3.8, 4) is 0 Å². The quantitative estimate of drug-likeness (QED) is 0.380. The molecule has 8 nitrogen and oxygen atoms in total. The maximum Gasteiger partial charge on any atom is 0.407 e. The Kier molecular flexibility index (Phi) is 6.64. The average Bonchev–Trinajstić information content (AvgIpc) is 2.94. The molecule has 1 unspecified atom stereocenters. The van der Waals surface area contributed by atoms with E-state index >= 15 is 0 Å². The molecule has 2 aromatic rings. The first-order chi connectivity index (χ1) is 13.6. The number of hydrogen-bond acceptors (Lipinski definition) is 5. The van der Waals surface area contributed by atoms with Crippen LogP contribution in [-0.4, -0.2) is 64.4 Å². The van der Waals surface area contributed by atoms with Gasteiger partial charge in [-0.1, -0.05) is 19.6 Å². The third kappa shape index (κ3) is 5.58. The number of fused-ring (bicyclic) bond motifs is 1. The smallest absolute Gasteiger partial charge is 0.407 e. The molecule has 3 rings (SSSR count). The van der Waals surface area contributed by atoms with Gasteiger partial charge in [-0.15, -0.1) is 0 Å². The predicted octanol–water partition coefficient (Wildman–Crippen LogP) is 4.09. The van der Waals surface area contributed by atoms with Crippen molar-refractivity contribution in [2.75, 3.05) is 25.0 Å². The Balaban J connectivity index is 1.78. The van der Waals surface area contributed by atoms with E-state index < -0.39 is 20.0 Å². The number of aromatic nitrogens is 3. The second-order valence-corrected chi connectivity index (χ2v) is 14.5. The molecule has 1 amide bonds. The zero-order valence-corrected chi connectivity index (χ0v) is 18.7. The summed E-state index contributed by atoms with van der Waals surface area (Å²) in [5.41, 5.74) is 0.351. The van der Waals surface area contributed by atoms with E-state index in [0.717, 1.165) is 18.9 Å². The number of nitrogens with zero attached hydrogens (tertiary/aromatic N) is 4. The molecular formula is C18H27ClFN5O3Si. The molecule has 160 valence electrons. The van der Waals surface area contributed by atoms with Gasteiger partial charge in [0.25, 0.3) is 0 Å². The molecule has 1 fully saturated rings. The number of carbonyl (C=O) groups is 1. The minimum Gasteiger partial charge on any atom is -0.465 e. The topological polar surface area (TPSA) is 92.5 Å². The van der Waals surface area contributed by atoms with Crippen LogP contribution < -0.4 is 5.32 Å². The predicted molar refractivity (Wildman–Crippen MR) is 113 cm³/mol. The van der Waals surface area contributed by atoms with Crippen LogP contribution in [0.5, 0.6) is 0 Å². The lowest BCUT2D eigenvalue weighted by Crippen LogP contribution is -2.44. The van der Waals surface area contributed by atoms with Gasteiger partial charge in [0.1, 0.15) is 12.5 Å². The summed E-state index contributed by atoms with van der Waals surface area (Å²) < 4.78 is 22.0. The molecule has 2 aromatic heterocycles. The third-order valence-electron chi connectivity index (χ3n) is 4.90. The fraction of sp³-hybridized carbons (Fsp3) is 0.611. The summed E-state index contributed by atoms with van der Waals surface area (Å²) in [6, 6.07) is 0.837. The second kappa shape index (κ2) is 8.84. The highest BCUT2D eigenvalue weighted by Gasteiger charge is 2.25. The molecule has 29 heavy (non-hydrogen) atoms. The first-order valence-corrected chi connectivity index (χ1v) is 13.8. The molecule has 11 heteroatoms. The maximum absolute atomic E-state index is 14.7. The highest BCUT2D eigenvalue weighted by Crippen LogP contribution is 2.28. The van der Waals surface area contributed by atoms with E-state index in [1.807, 2.05) is 0 Å². The van der Waals surface area contributed by atoms with Crippen LogP contribution in [0.15, 0.2) is 6.20 Å². The van der Waals surface area contributed by atoms with Crippen molar-refractivity contribution in [3.05, 3.63) is 17.3 Å². The van der Waals surface area contributed by atoms with Crippen LogP contribution in [0.4, 0.5) is 15.0 Å². The number of hydrogen-bond donors (Lipinski definition) is 2. The van der Waals surface area contributed by atoms with Gasteiger partial charge in [0.05, 0.1) is 5.39 Å². The van der Waals surface area contributed by atoms with Crippen LogP contribution >= 0.6 is 11.6 Å². The van der Waals surface area contributed by atoms with E-state index in [9.17, 15) is 14.3 Å². The number of piperidine rings is 1. The van der Waals surface area contributed by atoms with Gasteiger partial charge in [-0.05, 0) is 30.5 Å². The molecule has 1 aliphatic heterocycles. The van der Waals surface area contributed by atoms with Gasteiger partial charge < -0.3 is 24.6 Å². The standard InChI is InChI=1S/C18H27ClFN5O3Si/c1-29(2,3)8-7-28-11-25-10-13(20)14-15(22-17(19)23-16(14)25)21-12-5-4-6-24(9-12)18(26)27/h10,12H,4-9,11H2,1-3H3,(H,26,27)(H,21,22,23). The molecule has 1 atom stereocenters. The van der Waals surface area contributed by atoms with E-state index in [2.05, 4.69) is 34.9 Å². The number of likely N-dealkylation sites (tertiary alicyclic amines) is 1. The normalized spacial score (nSPS) is 17.7. The van der Waals surface area contributed by atoms with Gasteiger partial charge in [-0.2, -0.15) is 9.97 Å². The van der Waals surface area contributed by atoms with Gasteiger partial charge in [0, 0.05) is 40.0 Å². The number of carboxylic acid groups (broad SMARTS) is 1. The van der Waals surface area contributed by atoms with E-state index in [1.54, 1.807) is 4.57 Å². The SMILES string of the molecule is C[Si](C)(C)CCOCn1cc(F)c2c(NC3CCCN(C(=O)O)C3)nc(Cl)nc21. The molecular weight excluding hydrogens is 417 g/mol. The Hall–Kier alpha value is -1.91. The molecule has 0 aromatic carbocycles. The molecule has 0 spiro atoms. The van der Waals surface area contributed by atoms with Gasteiger partial charge in [0.2, 0.25) is 5.28 Å². The Morgan fingerprint density at radius 3 is 2.90 bits per heavy atom. The van der Waals surface area contributed by atoms with Crippen molar-refractivity contribution in [1.29, 1.82) is 0 Å². The number of amides is 1. The Morgan fingerprint density at radius 2 is 2.21 bits per heavy atom. The lowest BCUT2D eigenvalue weighted by molar-refractivity contribution is 0.0895. The van der Waals surface area contributed by atoms with E-state index in [0.29, 0.717) is 25.3 Å². The Bertz CT molecular complexity index is 888. The monoisotopic (exact) mass is 443 g/mol. The zero-order valence-electron chi connectivity index (χ0n) is 16.9. The lowest BCUT2D eigenvalue weighted by atomic mass is 10.1. The average molecular weight is 444 g/mol. The van der Waals surface area contributed by atoms with Crippen molar-refractivity contribution >= 4 is 42.6 Å². The van der Waals surface area contributed by atoms with Crippen LogP contribution in [-0.2, 0) is 11.5 Å². The largest absolute Gasteiger partial charge is 0.465 e. The highest BCUT2D eigenvalue weighted by atomic mass is 35.5. The number of halogens is 2. The number of ether oxygens (including phenoxy) is 1. The van der Waals surface area contributed by atoms with Crippen molar-refractivity contribution in [2.24, 2.45) is 0 Å². The van der Waals surface area contributed by atoms with Crippen molar-refractivity contribution in [2.45, 2.75) is 51.3 Å². The molecule has 0 bridgehead atoms. The molecule has 0 radical (unpaired) electrons. The van der Waals surface area contributed by atoms with Crippen LogP contribution in [0.3, 0.4) is 0 Å². The van der Waals surface area contributed by atoms with Crippen molar-refractivity contribution in [3.63, 3.8) is 0 Å². The van der Waals surface area contributed by atoms with E-state index in [-0.39, 0.29) is 29.3 Å². The summed E-state index contributed by atoms with van der Waals surface area (Å²) >= 11 is 6.09. The summed E-state index contributed by atoms with van der Waals surface area (Å²) in [7, 11) is -1.21. The second-order valence-electron chi connectivity index (χ2n) is 8.55. The van der Waals surface area contributed by atoms with Crippen molar-refractivity contribution in [1.82, 2.24) is 19.4 Å².